The Balaban J connectivity index is 2.98. The van der Waals surface area contributed by atoms with Crippen LogP contribution >= 0.6 is 0 Å². The summed E-state index contributed by atoms with van der Waals surface area (Å²) in [7, 11) is 0. The average molecular weight is 216 g/mol. The van der Waals surface area contributed by atoms with Gasteiger partial charge in [0.2, 0.25) is 0 Å². The number of hydrogen-bond acceptors (Lipinski definition) is 3. The smallest absolute Gasteiger partial charge is 0.106 e. The van der Waals surface area contributed by atoms with E-state index in [4.69, 9.17) is 16.2 Å². The number of nitrogens with two attached hydrogens (primary N) is 2. The molecule has 0 fully saturated rings. The van der Waals surface area contributed by atoms with E-state index in [1.54, 1.807) is 0 Å². The Morgan fingerprint density at radius 1 is 1.00 bits per heavy atom. The summed E-state index contributed by atoms with van der Waals surface area (Å²) in [5.41, 5.74) is 11.0. The Hall–Kier alpha value is -0.120. The number of rotatable bonds is 11. The van der Waals surface area contributed by atoms with Crippen LogP contribution in [0.1, 0.15) is 58.3 Å². The molecule has 1 atom stereocenters. The van der Waals surface area contributed by atoms with Crippen LogP contribution in [0.3, 0.4) is 0 Å². The monoisotopic (exact) mass is 216 g/mol. The molecule has 0 rings (SSSR count). The lowest BCUT2D eigenvalue weighted by molar-refractivity contribution is 0.0509. The Morgan fingerprint density at radius 3 is 2.20 bits per heavy atom. The zero-order chi connectivity index (χ0) is 11.4. The van der Waals surface area contributed by atoms with Crippen molar-refractivity contribution in [3.8, 4) is 0 Å². The van der Waals surface area contributed by atoms with Crippen molar-refractivity contribution in [3.63, 3.8) is 0 Å². The Kier molecular flexibility index (Phi) is 11.9. The molecule has 1 unspecified atom stereocenters. The fraction of sp³-hybridized carbons (Fsp3) is 1.00. The summed E-state index contributed by atoms with van der Waals surface area (Å²) < 4.78 is 5.41. The van der Waals surface area contributed by atoms with Crippen LogP contribution in [0, 0.1) is 0 Å². The second-order valence-corrected chi connectivity index (χ2v) is 4.11. The minimum Gasteiger partial charge on any atom is -0.364 e. The fourth-order valence-corrected chi connectivity index (χ4v) is 1.54. The molecule has 0 bridgehead atoms. The minimum absolute atomic E-state index is 0.157. The van der Waals surface area contributed by atoms with Gasteiger partial charge >= 0.3 is 0 Å². The molecular formula is C12H28N2O. The molecule has 0 heterocycles. The average Bonchev–Trinajstić information content (AvgIpc) is 2.22. The van der Waals surface area contributed by atoms with Crippen molar-refractivity contribution >= 4 is 0 Å². The molecule has 0 aliphatic rings. The van der Waals surface area contributed by atoms with Crippen LogP contribution in [0.2, 0.25) is 0 Å². The second-order valence-electron chi connectivity index (χ2n) is 4.11. The summed E-state index contributed by atoms with van der Waals surface area (Å²) in [6.07, 6.45) is 9.76. The molecule has 0 aliphatic carbocycles. The van der Waals surface area contributed by atoms with Crippen molar-refractivity contribution in [1.82, 2.24) is 0 Å². The Labute approximate surface area is 94.5 Å². The molecule has 0 aromatic carbocycles. The topological polar surface area (TPSA) is 61.3 Å². The van der Waals surface area contributed by atoms with Crippen molar-refractivity contribution in [1.29, 1.82) is 0 Å². The quantitative estimate of drug-likeness (QED) is 0.412. The van der Waals surface area contributed by atoms with E-state index in [1.165, 1.54) is 38.5 Å². The van der Waals surface area contributed by atoms with Gasteiger partial charge in [-0.15, -0.1) is 0 Å². The lowest BCUT2D eigenvalue weighted by atomic mass is 10.1. The third-order valence-electron chi connectivity index (χ3n) is 2.53. The van der Waals surface area contributed by atoms with Crippen LogP contribution in [-0.2, 0) is 4.74 Å². The van der Waals surface area contributed by atoms with Crippen LogP contribution in [0.25, 0.3) is 0 Å². The van der Waals surface area contributed by atoms with Crippen LogP contribution in [0.4, 0.5) is 0 Å². The largest absolute Gasteiger partial charge is 0.364 e. The molecule has 0 saturated carbocycles. The molecule has 0 aromatic rings. The summed E-state index contributed by atoms with van der Waals surface area (Å²) in [5, 5.41) is 0. The summed E-state index contributed by atoms with van der Waals surface area (Å²) in [6, 6.07) is 0. The lowest BCUT2D eigenvalue weighted by Gasteiger charge is -2.11. The van der Waals surface area contributed by atoms with Crippen molar-refractivity contribution in [3.05, 3.63) is 0 Å². The maximum Gasteiger partial charge on any atom is 0.106 e. The van der Waals surface area contributed by atoms with Crippen molar-refractivity contribution in [2.45, 2.75) is 64.5 Å². The molecule has 0 aromatic heterocycles. The van der Waals surface area contributed by atoms with Gasteiger partial charge in [-0.1, -0.05) is 45.4 Å². The maximum atomic E-state index is 5.66. The first kappa shape index (κ1) is 14.9. The Morgan fingerprint density at radius 2 is 1.60 bits per heavy atom. The van der Waals surface area contributed by atoms with Gasteiger partial charge in [-0.3, -0.25) is 0 Å². The van der Waals surface area contributed by atoms with Crippen molar-refractivity contribution < 1.29 is 4.74 Å². The van der Waals surface area contributed by atoms with E-state index < -0.39 is 0 Å². The highest BCUT2D eigenvalue weighted by atomic mass is 16.5. The van der Waals surface area contributed by atoms with E-state index >= 15 is 0 Å². The third kappa shape index (κ3) is 11.8. The third-order valence-corrected chi connectivity index (χ3v) is 2.53. The van der Waals surface area contributed by atoms with E-state index in [0.29, 0.717) is 6.54 Å². The summed E-state index contributed by atoms with van der Waals surface area (Å²) >= 11 is 0. The minimum atomic E-state index is -0.157. The van der Waals surface area contributed by atoms with E-state index in [9.17, 15) is 0 Å². The van der Waals surface area contributed by atoms with Crippen LogP contribution in [0.15, 0.2) is 0 Å². The maximum absolute atomic E-state index is 5.66. The molecule has 4 N–H and O–H groups in total. The first-order chi connectivity index (χ1) is 7.31. The van der Waals surface area contributed by atoms with Gasteiger partial charge < -0.3 is 16.2 Å². The highest BCUT2D eigenvalue weighted by Gasteiger charge is 1.99. The number of ether oxygens (including phenoxy) is 1. The standard InChI is InChI=1S/C12H28N2O/c1-2-3-4-5-6-7-8-11-15-12(14)9-10-13/h12H,2-11,13-14H2,1H3. The van der Waals surface area contributed by atoms with Crippen molar-refractivity contribution in [2.75, 3.05) is 13.2 Å². The highest BCUT2D eigenvalue weighted by molar-refractivity contribution is 4.49. The molecule has 0 amide bonds. The van der Waals surface area contributed by atoms with Gasteiger partial charge in [0.15, 0.2) is 0 Å². The predicted octanol–water partition coefficient (Wildman–Crippen LogP) is 2.39. The lowest BCUT2D eigenvalue weighted by Crippen LogP contribution is -2.27. The molecule has 0 aliphatic heterocycles. The molecule has 3 nitrogen and oxygen atoms in total. The van der Waals surface area contributed by atoms with Crippen LogP contribution in [-0.4, -0.2) is 19.4 Å². The fourth-order valence-electron chi connectivity index (χ4n) is 1.54. The molecule has 0 spiro atoms. The molecule has 92 valence electrons. The van der Waals surface area contributed by atoms with E-state index in [0.717, 1.165) is 19.4 Å². The summed E-state index contributed by atoms with van der Waals surface area (Å²) in [6.45, 7) is 3.64. The first-order valence-electron chi connectivity index (χ1n) is 6.38. The first-order valence-corrected chi connectivity index (χ1v) is 6.38. The zero-order valence-corrected chi connectivity index (χ0v) is 10.2. The van der Waals surface area contributed by atoms with Crippen molar-refractivity contribution in [2.24, 2.45) is 11.5 Å². The number of hydrogen-bond donors (Lipinski definition) is 2. The number of unbranched alkanes of at least 4 members (excludes halogenated alkanes) is 6. The van der Waals surface area contributed by atoms with E-state index in [-0.39, 0.29) is 6.23 Å². The van der Waals surface area contributed by atoms with Gasteiger partial charge in [0.1, 0.15) is 6.23 Å². The molecule has 0 saturated heterocycles. The summed E-state index contributed by atoms with van der Waals surface area (Å²) in [5.74, 6) is 0. The molecular weight excluding hydrogens is 188 g/mol. The second kappa shape index (κ2) is 12.0. The Bertz CT molecular complexity index is 120. The van der Waals surface area contributed by atoms with Crippen LogP contribution in [0.5, 0.6) is 0 Å². The van der Waals surface area contributed by atoms with Gasteiger partial charge in [0.05, 0.1) is 0 Å². The SMILES string of the molecule is CCCCCCCCCOC(N)CCN. The van der Waals surface area contributed by atoms with Gasteiger partial charge in [0, 0.05) is 6.61 Å². The molecule has 15 heavy (non-hydrogen) atoms. The molecule has 0 radical (unpaired) electrons. The van der Waals surface area contributed by atoms with E-state index in [2.05, 4.69) is 6.92 Å². The predicted molar refractivity (Wildman–Crippen MR) is 65.6 cm³/mol. The summed E-state index contributed by atoms with van der Waals surface area (Å²) in [4.78, 5) is 0. The van der Waals surface area contributed by atoms with Gasteiger partial charge in [-0.2, -0.15) is 0 Å². The zero-order valence-electron chi connectivity index (χ0n) is 10.2. The van der Waals surface area contributed by atoms with Gasteiger partial charge in [0.25, 0.3) is 0 Å². The van der Waals surface area contributed by atoms with Gasteiger partial charge in [-0.05, 0) is 19.4 Å². The highest BCUT2D eigenvalue weighted by Crippen LogP contribution is 2.07. The van der Waals surface area contributed by atoms with Crippen LogP contribution < -0.4 is 11.5 Å². The van der Waals surface area contributed by atoms with E-state index in [1.807, 2.05) is 0 Å². The molecule has 3 heteroatoms. The normalized spacial score (nSPS) is 13.0. The van der Waals surface area contributed by atoms with Gasteiger partial charge in [-0.25, -0.2) is 0 Å².